The van der Waals surface area contributed by atoms with Gasteiger partial charge in [-0.25, -0.2) is 4.79 Å². The first-order valence-electron chi connectivity index (χ1n) is 6.28. The first-order chi connectivity index (χ1) is 8.25. The minimum absolute atomic E-state index is 0. The molecule has 1 saturated heterocycles. The predicted octanol–water partition coefficient (Wildman–Crippen LogP) is 2.74. The smallest absolute Gasteiger partial charge is 0.335 e. The second kappa shape index (κ2) is 7.39. The monoisotopic (exact) mass is 269 g/mol. The zero-order valence-corrected chi connectivity index (χ0v) is 11.2. The van der Waals surface area contributed by atoms with E-state index < -0.39 is 5.97 Å². The first kappa shape index (κ1) is 15.0. The van der Waals surface area contributed by atoms with Crippen LogP contribution in [0, 0.1) is 5.92 Å². The Bertz CT molecular complexity index is 372. The number of carboxylic acids is 1. The molecule has 1 fully saturated rings. The highest BCUT2D eigenvalue weighted by atomic mass is 35.5. The van der Waals surface area contributed by atoms with Gasteiger partial charge in [0.25, 0.3) is 0 Å². The molecule has 0 saturated carbocycles. The number of aryl methyl sites for hydroxylation is 1. The van der Waals surface area contributed by atoms with Crippen molar-refractivity contribution in [3.05, 3.63) is 35.4 Å². The van der Waals surface area contributed by atoms with Crippen molar-refractivity contribution in [3.63, 3.8) is 0 Å². The van der Waals surface area contributed by atoms with Crippen LogP contribution in [0.5, 0.6) is 0 Å². The summed E-state index contributed by atoms with van der Waals surface area (Å²) in [5, 5.41) is 12.2. The Labute approximate surface area is 114 Å². The van der Waals surface area contributed by atoms with E-state index in [-0.39, 0.29) is 12.4 Å². The molecule has 1 heterocycles. The maximum Gasteiger partial charge on any atom is 0.335 e. The molecule has 1 aromatic carbocycles. The van der Waals surface area contributed by atoms with Crippen molar-refractivity contribution in [2.75, 3.05) is 13.1 Å². The Morgan fingerprint density at radius 2 is 2.06 bits per heavy atom. The Morgan fingerprint density at radius 3 is 2.61 bits per heavy atom. The van der Waals surface area contributed by atoms with Crippen LogP contribution in [0.25, 0.3) is 0 Å². The van der Waals surface area contributed by atoms with Gasteiger partial charge in [0.1, 0.15) is 0 Å². The van der Waals surface area contributed by atoms with E-state index in [0.717, 1.165) is 25.4 Å². The Morgan fingerprint density at radius 1 is 1.33 bits per heavy atom. The van der Waals surface area contributed by atoms with Crippen LogP contribution in [0.1, 0.15) is 35.2 Å². The summed E-state index contributed by atoms with van der Waals surface area (Å²) in [4.78, 5) is 10.7. The second-order valence-electron chi connectivity index (χ2n) is 4.75. The van der Waals surface area contributed by atoms with Crippen LogP contribution < -0.4 is 5.32 Å². The molecule has 0 aromatic heterocycles. The summed E-state index contributed by atoms with van der Waals surface area (Å²) in [6, 6.07) is 7.24. The molecule has 3 nitrogen and oxygen atoms in total. The summed E-state index contributed by atoms with van der Waals surface area (Å²) in [5.74, 6) is -0.0732. The lowest BCUT2D eigenvalue weighted by Crippen LogP contribution is -2.29. The third kappa shape index (κ3) is 4.31. The summed E-state index contributed by atoms with van der Waals surface area (Å²) in [7, 11) is 0. The van der Waals surface area contributed by atoms with Crippen molar-refractivity contribution in [1.29, 1.82) is 0 Å². The fourth-order valence-electron chi connectivity index (χ4n) is 2.36. The lowest BCUT2D eigenvalue weighted by molar-refractivity contribution is 0.0697. The molecule has 100 valence electrons. The lowest BCUT2D eigenvalue weighted by Gasteiger charge is -2.22. The molecule has 0 amide bonds. The van der Waals surface area contributed by atoms with Crippen LogP contribution in [0.3, 0.4) is 0 Å². The van der Waals surface area contributed by atoms with E-state index in [4.69, 9.17) is 5.11 Å². The minimum Gasteiger partial charge on any atom is -0.478 e. The van der Waals surface area contributed by atoms with Gasteiger partial charge < -0.3 is 10.4 Å². The lowest BCUT2D eigenvalue weighted by atomic mass is 9.92. The predicted molar refractivity (Wildman–Crippen MR) is 74.6 cm³/mol. The zero-order valence-electron chi connectivity index (χ0n) is 10.4. The average Bonchev–Trinajstić information content (AvgIpc) is 2.38. The molecule has 0 bridgehead atoms. The number of benzene rings is 1. The number of piperidine rings is 1. The largest absolute Gasteiger partial charge is 0.478 e. The molecule has 1 aliphatic heterocycles. The highest BCUT2D eigenvalue weighted by Gasteiger charge is 2.12. The van der Waals surface area contributed by atoms with E-state index in [1.165, 1.54) is 24.8 Å². The molecule has 0 radical (unpaired) electrons. The number of hydrogen-bond acceptors (Lipinski definition) is 2. The van der Waals surface area contributed by atoms with Crippen LogP contribution in [-0.4, -0.2) is 24.2 Å². The molecule has 0 spiro atoms. The number of carboxylic acid groups (broad SMARTS) is 1. The summed E-state index contributed by atoms with van der Waals surface area (Å²) < 4.78 is 0. The van der Waals surface area contributed by atoms with Crippen molar-refractivity contribution < 1.29 is 9.90 Å². The van der Waals surface area contributed by atoms with Crippen molar-refractivity contribution in [2.24, 2.45) is 5.92 Å². The van der Waals surface area contributed by atoms with Gasteiger partial charge in [-0.3, -0.25) is 0 Å². The summed E-state index contributed by atoms with van der Waals surface area (Å²) in [6.45, 7) is 2.29. The number of hydrogen-bond donors (Lipinski definition) is 2. The Balaban J connectivity index is 0.00000162. The highest BCUT2D eigenvalue weighted by Crippen LogP contribution is 2.17. The van der Waals surface area contributed by atoms with Crippen molar-refractivity contribution in [3.8, 4) is 0 Å². The number of carbonyl (C=O) groups is 1. The number of rotatable bonds is 4. The molecule has 1 aromatic rings. The molecular weight excluding hydrogens is 250 g/mol. The van der Waals surface area contributed by atoms with Gasteiger partial charge in [0, 0.05) is 0 Å². The number of aromatic carboxylic acids is 1. The van der Waals surface area contributed by atoms with Crippen LogP contribution in [0.4, 0.5) is 0 Å². The summed E-state index contributed by atoms with van der Waals surface area (Å²) in [5.41, 5.74) is 1.61. The topological polar surface area (TPSA) is 49.3 Å². The Kier molecular flexibility index (Phi) is 6.16. The van der Waals surface area contributed by atoms with Gasteiger partial charge in [0.2, 0.25) is 0 Å². The third-order valence-corrected chi connectivity index (χ3v) is 3.44. The molecule has 1 unspecified atom stereocenters. The SMILES string of the molecule is Cl.O=C(O)c1ccc(CCC2CCCNC2)cc1. The number of halogens is 1. The van der Waals surface area contributed by atoms with E-state index in [9.17, 15) is 4.79 Å². The third-order valence-electron chi connectivity index (χ3n) is 3.44. The molecular formula is C14H20ClNO2. The fourth-order valence-corrected chi connectivity index (χ4v) is 2.36. The second-order valence-corrected chi connectivity index (χ2v) is 4.75. The molecule has 2 N–H and O–H groups in total. The van der Waals surface area contributed by atoms with E-state index >= 15 is 0 Å². The molecule has 1 atom stereocenters. The maximum absolute atomic E-state index is 10.7. The average molecular weight is 270 g/mol. The minimum atomic E-state index is -0.854. The van der Waals surface area contributed by atoms with Crippen LogP contribution in [-0.2, 0) is 6.42 Å². The van der Waals surface area contributed by atoms with Crippen LogP contribution >= 0.6 is 12.4 Å². The molecule has 2 rings (SSSR count). The van der Waals surface area contributed by atoms with Crippen LogP contribution in [0.15, 0.2) is 24.3 Å². The standard InChI is InChI=1S/C14H19NO2.ClH/c16-14(17)13-7-5-11(6-8-13)3-4-12-2-1-9-15-10-12;/h5-8,12,15H,1-4,9-10H2,(H,16,17);1H. The van der Waals surface area contributed by atoms with E-state index in [1.54, 1.807) is 12.1 Å². The molecule has 0 aliphatic carbocycles. The quantitative estimate of drug-likeness (QED) is 0.884. The molecule has 4 heteroatoms. The first-order valence-corrected chi connectivity index (χ1v) is 6.28. The molecule has 18 heavy (non-hydrogen) atoms. The van der Waals surface area contributed by atoms with E-state index in [2.05, 4.69) is 5.32 Å². The van der Waals surface area contributed by atoms with Gasteiger partial charge in [0.15, 0.2) is 0 Å². The van der Waals surface area contributed by atoms with E-state index in [0.29, 0.717) is 5.56 Å². The zero-order chi connectivity index (χ0) is 12.1. The number of nitrogens with one attached hydrogen (secondary N) is 1. The van der Waals surface area contributed by atoms with Gasteiger partial charge >= 0.3 is 5.97 Å². The van der Waals surface area contributed by atoms with Gasteiger partial charge in [-0.2, -0.15) is 0 Å². The van der Waals surface area contributed by atoms with Crippen molar-refractivity contribution >= 4 is 18.4 Å². The normalized spacial score (nSPS) is 19.0. The van der Waals surface area contributed by atoms with Crippen LogP contribution in [0.2, 0.25) is 0 Å². The van der Waals surface area contributed by atoms with Gasteiger partial charge in [-0.05, 0) is 62.4 Å². The van der Waals surface area contributed by atoms with Crippen molar-refractivity contribution in [2.45, 2.75) is 25.7 Å². The van der Waals surface area contributed by atoms with Gasteiger partial charge in [-0.1, -0.05) is 12.1 Å². The fraction of sp³-hybridized carbons (Fsp3) is 0.500. The van der Waals surface area contributed by atoms with Gasteiger partial charge in [-0.15, -0.1) is 12.4 Å². The van der Waals surface area contributed by atoms with Crippen molar-refractivity contribution in [1.82, 2.24) is 5.32 Å². The maximum atomic E-state index is 10.7. The molecule has 1 aliphatic rings. The summed E-state index contributed by atoms with van der Waals surface area (Å²) in [6.07, 6.45) is 4.84. The van der Waals surface area contributed by atoms with E-state index in [1.807, 2.05) is 12.1 Å². The highest BCUT2D eigenvalue weighted by molar-refractivity contribution is 5.87. The Hall–Kier alpha value is -1.06. The summed E-state index contributed by atoms with van der Waals surface area (Å²) >= 11 is 0. The van der Waals surface area contributed by atoms with Gasteiger partial charge in [0.05, 0.1) is 5.56 Å².